The molecule has 0 rings (SSSR count). The van der Waals surface area contributed by atoms with E-state index in [-0.39, 0.29) is 31.1 Å². The highest BCUT2D eigenvalue weighted by molar-refractivity contribution is 5.71. The molecule has 1 atom stereocenters. The lowest BCUT2D eigenvalue weighted by molar-refractivity contribution is -0.167. The molecule has 0 aromatic heterocycles. The van der Waals surface area contributed by atoms with Crippen molar-refractivity contribution in [3.63, 3.8) is 0 Å². The maximum Gasteiger partial charge on any atom is 0.306 e. The van der Waals surface area contributed by atoms with Crippen LogP contribution in [-0.2, 0) is 28.6 Å². The molecule has 0 aliphatic heterocycles. The smallest absolute Gasteiger partial charge is 0.306 e. The quantitative estimate of drug-likeness (QED) is 0.0261. The van der Waals surface area contributed by atoms with Crippen molar-refractivity contribution in [3.05, 3.63) is 170 Å². The predicted octanol–water partition coefficient (Wildman–Crippen LogP) is 23.0. The van der Waals surface area contributed by atoms with Crippen LogP contribution in [0, 0.1) is 0 Å². The molecule has 0 radical (unpaired) electrons. The first-order valence-electron chi connectivity index (χ1n) is 33.1. The number of esters is 3. The average molecular weight is 1130 g/mol. The molecule has 460 valence electrons. The van der Waals surface area contributed by atoms with Gasteiger partial charge in [-0.25, -0.2) is 0 Å². The second kappa shape index (κ2) is 68.3. The number of carbonyl (C=O) groups is 3. The van der Waals surface area contributed by atoms with Gasteiger partial charge in [0.2, 0.25) is 0 Å². The SMILES string of the molecule is CC/C=C\C/C=C\C/C=C\C/C=C\C/C=C\C/C=C\C/C=C\C/C=C\CCCCCCC(=O)OCC(COC(=O)CCCCCCC/C=C\CCC)OC(=O)CCCCCCCCCCC/C=C\C/C=C\C/C=C\C/C=C\C/C=C\CC. The molecule has 0 aliphatic rings. The third-order valence-electron chi connectivity index (χ3n) is 13.4. The second-order valence-corrected chi connectivity index (χ2v) is 21.3. The van der Waals surface area contributed by atoms with Crippen molar-refractivity contribution >= 4 is 17.9 Å². The van der Waals surface area contributed by atoms with Crippen LogP contribution < -0.4 is 0 Å². The van der Waals surface area contributed by atoms with E-state index < -0.39 is 6.10 Å². The van der Waals surface area contributed by atoms with Crippen molar-refractivity contribution < 1.29 is 28.6 Å². The molecule has 6 heteroatoms. The summed E-state index contributed by atoms with van der Waals surface area (Å²) in [5, 5.41) is 0. The summed E-state index contributed by atoms with van der Waals surface area (Å²) in [5.74, 6) is -0.947. The summed E-state index contributed by atoms with van der Waals surface area (Å²) in [7, 11) is 0. The first-order chi connectivity index (χ1) is 40.5. The largest absolute Gasteiger partial charge is 0.462 e. The Bertz CT molecular complexity index is 1870. The van der Waals surface area contributed by atoms with Gasteiger partial charge in [-0.05, 0) is 148 Å². The van der Waals surface area contributed by atoms with Crippen LogP contribution in [0.15, 0.2) is 170 Å². The molecular weight excluding hydrogens is 1010 g/mol. The minimum atomic E-state index is -0.805. The Kier molecular flexibility index (Phi) is 63.9. The molecule has 0 spiro atoms. The lowest BCUT2D eigenvalue weighted by atomic mass is 10.1. The number of hydrogen-bond acceptors (Lipinski definition) is 6. The lowest BCUT2D eigenvalue weighted by Gasteiger charge is -2.18. The fourth-order valence-corrected chi connectivity index (χ4v) is 8.55. The van der Waals surface area contributed by atoms with E-state index in [4.69, 9.17) is 14.2 Å². The van der Waals surface area contributed by atoms with E-state index in [1.165, 1.54) is 51.4 Å². The zero-order valence-electron chi connectivity index (χ0n) is 52.7. The monoisotopic (exact) mass is 1130 g/mol. The molecule has 0 heterocycles. The molecule has 0 saturated carbocycles. The standard InChI is InChI=1S/C76H120O6/c1-4-7-10-13-16-19-22-24-26-28-30-32-34-36-37-38-39-41-42-44-46-48-50-52-54-57-60-63-66-69-75(78)81-72-73(71-80-74(77)68-65-62-59-56-21-18-15-12-9-6-3)82-76(79)70-67-64-61-58-55-53-51-49-47-45-43-40-35-33-31-29-27-25-23-20-17-14-11-8-5-2/h7-8,10-12,15-17,19-20,24-27,30-33,36-37,39-41,43-44,46,50,52,73H,4-6,9,13-14,18,21-23,28-29,34-35,38,42,45,47-49,51,53-72H2,1-3H3/b10-7-,11-8-,15-12-,19-16-,20-17-,26-24-,27-25-,32-30-,33-31-,37-36-,41-39-,43-40-,46-44-,52-50-. The van der Waals surface area contributed by atoms with Crippen LogP contribution in [0.4, 0.5) is 0 Å². The van der Waals surface area contributed by atoms with Gasteiger partial charge < -0.3 is 14.2 Å². The van der Waals surface area contributed by atoms with E-state index in [2.05, 4.69) is 191 Å². The van der Waals surface area contributed by atoms with Gasteiger partial charge in [0.15, 0.2) is 6.10 Å². The summed E-state index contributed by atoms with van der Waals surface area (Å²) in [5.41, 5.74) is 0. The van der Waals surface area contributed by atoms with Crippen LogP contribution >= 0.6 is 0 Å². The summed E-state index contributed by atoms with van der Waals surface area (Å²) < 4.78 is 16.9. The van der Waals surface area contributed by atoms with E-state index in [0.717, 1.165) is 180 Å². The topological polar surface area (TPSA) is 78.9 Å². The third kappa shape index (κ3) is 65.6. The van der Waals surface area contributed by atoms with E-state index in [1.807, 2.05) is 0 Å². The predicted molar refractivity (Wildman–Crippen MR) is 357 cm³/mol. The Balaban J connectivity index is 4.35. The first kappa shape index (κ1) is 76.8. The maximum absolute atomic E-state index is 12.9. The summed E-state index contributed by atoms with van der Waals surface area (Å²) in [4.78, 5) is 38.3. The van der Waals surface area contributed by atoms with Crippen molar-refractivity contribution in [2.75, 3.05) is 13.2 Å². The Morgan fingerprint density at radius 2 is 0.476 bits per heavy atom. The van der Waals surface area contributed by atoms with Crippen LogP contribution in [0.3, 0.4) is 0 Å². The number of hydrogen-bond donors (Lipinski definition) is 0. The van der Waals surface area contributed by atoms with Gasteiger partial charge in [0, 0.05) is 19.3 Å². The minimum Gasteiger partial charge on any atom is -0.462 e. The first-order valence-corrected chi connectivity index (χ1v) is 33.1. The van der Waals surface area contributed by atoms with Gasteiger partial charge in [-0.3, -0.25) is 14.4 Å². The van der Waals surface area contributed by atoms with Crippen molar-refractivity contribution in [3.8, 4) is 0 Å². The summed E-state index contributed by atoms with van der Waals surface area (Å²) in [6.45, 7) is 6.31. The second-order valence-electron chi connectivity index (χ2n) is 21.3. The molecule has 82 heavy (non-hydrogen) atoms. The van der Waals surface area contributed by atoms with Gasteiger partial charge in [-0.1, -0.05) is 274 Å². The molecule has 0 bridgehead atoms. The molecule has 0 aromatic rings. The van der Waals surface area contributed by atoms with Gasteiger partial charge in [-0.2, -0.15) is 0 Å². The normalized spacial score (nSPS) is 13.3. The highest BCUT2D eigenvalue weighted by Crippen LogP contribution is 2.15. The number of rotatable bonds is 58. The zero-order chi connectivity index (χ0) is 59.2. The molecule has 6 nitrogen and oxygen atoms in total. The molecule has 0 aromatic carbocycles. The van der Waals surface area contributed by atoms with Gasteiger partial charge in [-0.15, -0.1) is 0 Å². The highest BCUT2D eigenvalue weighted by Gasteiger charge is 2.19. The van der Waals surface area contributed by atoms with Crippen molar-refractivity contribution in [2.45, 2.75) is 277 Å². The van der Waals surface area contributed by atoms with Gasteiger partial charge in [0.05, 0.1) is 0 Å². The summed E-state index contributed by atoms with van der Waals surface area (Å²) >= 11 is 0. The van der Waals surface area contributed by atoms with E-state index in [9.17, 15) is 14.4 Å². The highest BCUT2D eigenvalue weighted by atomic mass is 16.6. The van der Waals surface area contributed by atoms with Crippen molar-refractivity contribution in [2.24, 2.45) is 0 Å². The van der Waals surface area contributed by atoms with Crippen molar-refractivity contribution in [1.82, 2.24) is 0 Å². The van der Waals surface area contributed by atoms with Crippen LogP contribution in [0.5, 0.6) is 0 Å². The zero-order valence-corrected chi connectivity index (χ0v) is 52.7. The van der Waals surface area contributed by atoms with E-state index in [1.54, 1.807) is 0 Å². The van der Waals surface area contributed by atoms with Crippen LogP contribution in [-0.4, -0.2) is 37.2 Å². The summed E-state index contributed by atoms with van der Waals surface area (Å²) in [6, 6.07) is 0. The Morgan fingerprint density at radius 1 is 0.256 bits per heavy atom. The van der Waals surface area contributed by atoms with Crippen LogP contribution in [0.25, 0.3) is 0 Å². The number of carbonyl (C=O) groups excluding carboxylic acids is 3. The fourth-order valence-electron chi connectivity index (χ4n) is 8.55. The number of ether oxygens (including phenoxy) is 3. The van der Waals surface area contributed by atoms with Crippen LogP contribution in [0.2, 0.25) is 0 Å². The van der Waals surface area contributed by atoms with Crippen LogP contribution in [0.1, 0.15) is 271 Å². The molecule has 1 unspecified atom stereocenters. The van der Waals surface area contributed by atoms with E-state index in [0.29, 0.717) is 19.3 Å². The minimum absolute atomic E-state index is 0.100. The Labute approximate surface area is 504 Å². The fraction of sp³-hybridized carbons (Fsp3) is 0.592. The lowest BCUT2D eigenvalue weighted by Crippen LogP contribution is -2.30. The molecule has 0 amide bonds. The van der Waals surface area contributed by atoms with Gasteiger partial charge in [0.1, 0.15) is 13.2 Å². The molecule has 0 saturated heterocycles. The average Bonchev–Trinajstić information content (AvgIpc) is 3.48. The third-order valence-corrected chi connectivity index (χ3v) is 13.4. The maximum atomic E-state index is 12.9. The number of unbranched alkanes of at least 4 members (excludes halogenated alkanes) is 19. The van der Waals surface area contributed by atoms with Gasteiger partial charge in [0.25, 0.3) is 0 Å². The molecule has 0 aliphatic carbocycles. The number of allylic oxidation sites excluding steroid dienone is 28. The molecule has 0 fully saturated rings. The van der Waals surface area contributed by atoms with Gasteiger partial charge >= 0.3 is 17.9 Å². The Hall–Kier alpha value is -5.23. The molecule has 0 N–H and O–H groups in total. The molecular formula is C76H120O6. The Morgan fingerprint density at radius 3 is 0.756 bits per heavy atom. The van der Waals surface area contributed by atoms with Crippen molar-refractivity contribution in [1.29, 1.82) is 0 Å². The van der Waals surface area contributed by atoms with E-state index >= 15 is 0 Å². The summed E-state index contributed by atoms with van der Waals surface area (Å²) in [6.07, 6.45) is 101.